The highest BCUT2D eigenvalue weighted by molar-refractivity contribution is 6.06. The van der Waals surface area contributed by atoms with Crippen LogP contribution in [0.3, 0.4) is 0 Å². The number of oxime groups is 1. The van der Waals surface area contributed by atoms with Crippen LogP contribution in [0.5, 0.6) is 0 Å². The van der Waals surface area contributed by atoms with Gasteiger partial charge in [-0.15, -0.1) is 0 Å². The van der Waals surface area contributed by atoms with Crippen LogP contribution < -0.4 is 5.73 Å². The number of aromatic nitrogens is 3. The molecule has 0 amide bonds. The molecule has 25 heavy (non-hydrogen) atoms. The van der Waals surface area contributed by atoms with E-state index in [1.807, 2.05) is 32.0 Å². The first kappa shape index (κ1) is 17.2. The Morgan fingerprint density at radius 3 is 2.80 bits per heavy atom. The van der Waals surface area contributed by atoms with E-state index in [0.29, 0.717) is 12.4 Å². The largest absolute Gasteiger partial charge is 0.396 e. The molecule has 1 aromatic carbocycles. The van der Waals surface area contributed by atoms with Crippen molar-refractivity contribution in [3.8, 4) is 0 Å². The highest BCUT2D eigenvalue weighted by Gasteiger charge is 2.16. The molecular weight excluding hydrogens is 314 g/mol. The number of nitrogens with zero attached hydrogens (tertiary/aromatic N) is 4. The fraction of sp³-hybridized carbons (Fsp3) is 0.421. The van der Waals surface area contributed by atoms with Gasteiger partial charge >= 0.3 is 0 Å². The maximum atomic E-state index is 6.18. The number of nitrogens with two attached hydrogens (primary N) is 1. The zero-order valence-corrected chi connectivity index (χ0v) is 15.1. The van der Waals surface area contributed by atoms with Gasteiger partial charge in [-0.05, 0) is 26.3 Å². The molecule has 3 rings (SSSR count). The third kappa shape index (κ3) is 3.57. The number of pyridine rings is 1. The molecule has 3 aromatic rings. The molecule has 6 nitrogen and oxygen atoms in total. The van der Waals surface area contributed by atoms with E-state index in [1.165, 1.54) is 0 Å². The van der Waals surface area contributed by atoms with E-state index in [1.54, 1.807) is 0 Å². The Labute approximate surface area is 147 Å². The molecule has 0 saturated heterocycles. The molecule has 0 bridgehead atoms. The predicted octanol–water partition coefficient (Wildman–Crippen LogP) is 3.92. The van der Waals surface area contributed by atoms with Crippen LogP contribution in [0, 0.1) is 0 Å². The maximum absolute atomic E-state index is 6.18. The molecule has 0 aliphatic carbocycles. The van der Waals surface area contributed by atoms with Gasteiger partial charge in [-0.25, -0.2) is 9.97 Å². The zero-order valence-electron chi connectivity index (χ0n) is 15.1. The molecule has 0 unspecified atom stereocenters. The van der Waals surface area contributed by atoms with Gasteiger partial charge in [0.1, 0.15) is 17.9 Å². The van der Waals surface area contributed by atoms with Crippen molar-refractivity contribution in [3.63, 3.8) is 0 Å². The number of fused-ring (bicyclic) bond motifs is 3. The van der Waals surface area contributed by atoms with Crippen molar-refractivity contribution < 1.29 is 4.84 Å². The third-order valence-corrected chi connectivity index (χ3v) is 4.03. The van der Waals surface area contributed by atoms with Gasteiger partial charge in [0.05, 0.1) is 16.7 Å². The van der Waals surface area contributed by atoms with Crippen LogP contribution in [0.25, 0.3) is 21.9 Å². The quantitative estimate of drug-likeness (QED) is 0.402. The van der Waals surface area contributed by atoms with Crippen LogP contribution >= 0.6 is 0 Å². The summed E-state index contributed by atoms with van der Waals surface area (Å²) in [5, 5.41) is 5.08. The molecule has 0 saturated carbocycles. The zero-order chi connectivity index (χ0) is 17.8. The third-order valence-electron chi connectivity index (χ3n) is 4.03. The van der Waals surface area contributed by atoms with Crippen LogP contribution in [0.15, 0.2) is 29.4 Å². The van der Waals surface area contributed by atoms with E-state index in [0.717, 1.165) is 59.3 Å². The van der Waals surface area contributed by atoms with Crippen LogP contribution in [0.1, 0.15) is 39.4 Å². The second-order valence-electron chi connectivity index (χ2n) is 6.37. The molecule has 0 spiro atoms. The molecule has 2 aromatic heterocycles. The van der Waals surface area contributed by atoms with Gasteiger partial charge in [0, 0.05) is 24.8 Å². The summed E-state index contributed by atoms with van der Waals surface area (Å²) in [7, 11) is 0. The first-order chi connectivity index (χ1) is 12.1. The number of hydrogen-bond donors (Lipinski definition) is 1. The molecule has 2 N–H and O–H groups in total. The normalized spacial score (nSPS) is 11.2. The molecule has 0 atom stereocenters. The standard InChI is InChI=1S/C19H25N5O/c1-4-8-16-22-17-18(24(16)11-7-12-25-23-13(2)3)14-9-5-6-10-15(14)21-19(17)20/h5-6,9-10H,4,7-8,11-12H2,1-3H3,(H2,20,21). The molecule has 0 aliphatic heterocycles. The van der Waals surface area contributed by atoms with Crippen molar-refractivity contribution in [1.82, 2.24) is 14.5 Å². The average Bonchev–Trinajstić information content (AvgIpc) is 2.94. The lowest BCUT2D eigenvalue weighted by Gasteiger charge is -2.10. The molecule has 132 valence electrons. The molecule has 6 heteroatoms. The van der Waals surface area contributed by atoms with Crippen molar-refractivity contribution in [1.29, 1.82) is 0 Å². The van der Waals surface area contributed by atoms with Crippen molar-refractivity contribution in [2.24, 2.45) is 5.16 Å². The van der Waals surface area contributed by atoms with Gasteiger partial charge in [0.25, 0.3) is 0 Å². The topological polar surface area (TPSA) is 78.3 Å². The molecule has 0 fully saturated rings. The second kappa shape index (κ2) is 7.51. The summed E-state index contributed by atoms with van der Waals surface area (Å²) in [4.78, 5) is 14.6. The Morgan fingerprint density at radius 1 is 1.24 bits per heavy atom. The average molecular weight is 339 g/mol. The van der Waals surface area contributed by atoms with E-state index in [4.69, 9.17) is 15.6 Å². The van der Waals surface area contributed by atoms with Crippen molar-refractivity contribution in [3.05, 3.63) is 30.1 Å². The number of anilines is 1. The first-order valence-corrected chi connectivity index (χ1v) is 8.78. The Balaban J connectivity index is 2.01. The number of nitrogen functional groups attached to an aromatic ring is 1. The van der Waals surface area contributed by atoms with Crippen molar-refractivity contribution in [2.45, 2.75) is 46.6 Å². The fourth-order valence-electron chi connectivity index (χ4n) is 3.02. The van der Waals surface area contributed by atoms with Gasteiger partial charge in [0.2, 0.25) is 0 Å². The van der Waals surface area contributed by atoms with Gasteiger partial charge < -0.3 is 15.1 Å². The number of rotatable bonds is 7. The van der Waals surface area contributed by atoms with Gasteiger partial charge in [-0.1, -0.05) is 30.3 Å². The molecule has 2 heterocycles. The lowest BCUT2D eigenvalue weighted by atomic mass is 10.2. The summed E-state index contributed by atoms with van der Waals surface area (Å²) in [5.41, 5.74) is 9.87. The van der Waals surface area contributed by atoms with Crippen LogP contribution in [0.4, 0.5) is 5.82 Å². The van der Waals surface area contributed by atoms with Gasteiger partial charge in [-0.2, -0.15) is 0 Å². The Hall–Kier alpha value is -2.63. The SMILES string of the molecule is CCCc1nc2c(N)nc3ccccc3c2n1CCCON=C(C)C. The fourth-order valence-corrected chi connectivity index (χ4v) is 3.02. The van der Waals surface area contributed by atoms with Crippen molar-refractivity contribution >= 4 is 33.5 Å². The van der Waals surface area contributed by atoms with E-state index in [9.17, 15) is 0 Å². The lowest BCUT2D eigenvalue weighted by Crippen LogP contribution is -2.06. The van der Waals surface area contributed by atoms with E-state index in [-0.39, 0.29) is 0 Å². The lowest BCUT2D eigenvalue weighted by molar-refractivity contribution is 0.138. The first-order valence-electron chi connectivity index (χ1n) is 8.78. The number of hydrogen-bond acceptors (Lipinski definition) is 5. The highest BCUT2D eigenvalue weighted by atomic mass is 16.6. The van der Waals surface area contributed by atoms with Gasteiger partial charge in [-0.3, -0.25) is 0 Å². The summed E-state index contributed by atoms with van der Waals surface area (Å²) in [6.07, 6.45) is 2.80. The van der Waals surface area contributed by atoms with E-state index >= 15 is 0 Å². The number of benzene rings is 1. The van der Waals surface area contributed by atoms with Crippen molar-refractivity contribution in [2.75, 3.05) is 12.3 Å². The molecular formula is C19H25N5O. The van der Waals surface area contributed by atoms with Crippen LogP contribution in [-0.4, -0.2) is 26.9 Å². The summed E-state index contributed by atoms with van der Waals surface area (Å²) in [6.45, 7) is 7.40. The Morgan fingerprint density at radius 2 is 2.04 bits per heavy atom. The Bertz CT molecular complexity index is 909. The van der Waals surface area contributed by atoms with E-state index in [2.05, 4.69) is 27.7 Å². The predicted molar refractivity (Wildman–Crippen MR) is 103 cm³/mol. The number of aryl methyl sites for hydroxylation is 2. The number of para-hydroxylation sites is 1. The molecule has 0 aliphatic rings. The maximum Gasteiger partial charge on any atom is 0.152 e. The minimum Gasteiger partial charge on any atom is -0.396 e. The smallest absolute Gasteiger partial charge is 0.152 e. The highest BCUT2D eigenvalue weighted by Crippen LogP contribution is 2.29. The summed E-state index contributed by atoms with van der Waals surface area (Å²) < 4.78 is 2.27. The molecule has 0 radical (unpaired) electrons. The van der Waals surface area contributed by atoms with E-state index < -0.39 is 0 Å². The summed E-state index contributed by atoms with van der Waals surface area (Å²) in [5.74, 6) is 1.55. The monoisotopic (exact) mass is 339 g/mol. The minimum absolute atomic E-state index is 0.493. The van der Waals surface area contributed by atoms with Gasteiger partial charge in [0.15, 0.2) is 5.82 Å². The van der Waals surface area contributed by atoms with Crippen LogP contribution in [0.2, 0.25) is 0 Å². The summed E-state index contributed by atoms with van der Waals surface area (Å²) in [6, 6.07) is 8.08. The van der Waals surface area contributed by atoms with Crippen LogP contribution in [-0.2, 0) is 17.8 Å². The number of imidazole rings is 1. The Kier molecular flexibility index (Phi) is 5.16. The second-order valence-corrected chi connectivity index (χ2v) is 6.37. The minimum atomic E-state index is 0.493. The summed E-state index contributed by atoms with van der Waals surface area (Å²) >= 11 is 0.